The smallest absolute Gasteiger partial charge is 0.233 e. The molecule has 3 aromatic rings. The number of hydrogen-bond acceptors (Lipinski definition) is 7. The van der Waals surface area contributed by atoms with Crippen LogP contribution < -0.4 is 4.90 Å². The van der Waals surface area contributed by atoms with Gasteiger partial charge in [0.1, 0.15) is 5.76 Å². The lowest BCUT2D eigenvalue weighted by Gasteiger charge is -2.31. The van der Waals surface area contributed by atoms with Crippen molar-refractivity contribution in [1.29, 1.82) is 0 Å². The highest BCUT2D eigenvalue weighted by Crippen LogP contribution is 2.35. The van der Waals surface area contributed by atoms with E-state index in [0.717, 1.165) is 68.1 Å². The average molecular weight is 472 g/mol. The SMILES string of the molecule is CC1CCN(c2nnc(SCC(=O)N3CCCC3c3cccs3)n2Cc2ccco2)CC1. The number of piperidine rings is 1. The van der Waals surface area contributed by atoms with Crippen LogP contribution in [0.4, 0.5) is 5.95 Å². The fourth-order valence-corrected chi connectivity index (χ4v) is 6.27. The number of carbonyl (C=O) groups is 1. The lowest BCUT2D eigenvalue weighted by molar-refractivity contribution is -0.129. The Balaban J connectivity index is 1.31. The molecule has 2 aliphatic rings. The highest BCUT2D eigenvalue weighted by molar-refractivity contribution is 7.99. The van der Waals surface area contributed by atoms with Crippen molar-refractivity contribution in [2.45, 2.75) is 50.4 Å². The summed E-state index contributed by atoms with van der Waals surface area (Å²) in [4.78, 5) is 18.8. The van der Waals surface area contributed by atoms with Crippen LogP contribution in [0.2, 0.25) is 0 Å². The summed E-state index contributed by atoms with van der Waals surface area (Å²) in [5, 5.41) is 11.9. The van der Waals surface area contributed by atoms with Crippen molar-refractivity contribution in [3.05, 3.63) is 46.5 Å². The van der Waals surface area contributed by atoms with Crippen molar-refractivity contribution >= 4 is 35.0 Å². The Labute approximate surface area is 196 Å². The molecule has 1 amide bonds. The number of rotatable bonds is 7. The summed E-state index contributed by atoms with van der Waals surface area (Å²) in [6, 6.07) is 8.29. The maximum atomic E-state index is 13.1. The molecule has 1 unspecified atom stereocenters. The Kier molecular flexibility index (Phi) is 6.54. The first-order chi connectivity index (χ1) is 15.7. The van der Waals surface area contributed by atoms with E-state index in [-0.39, 0.29) is 11.9 Å². The molecule has 2 saturated heterocycles. The zero-order valence-corrected chi connectivity index (χ0v) is 20.0. The molecule has 170 valence electrons. The van der Waals surface area contributed by atoms with E-state index in [0.29, 0.717) is 12.3 Å². The molecular weight excluding hydrogens is 442 g/mol. The number of aromatic nitrogens is 3. The van der Waals surface area contributed by atoms with E-state index in [4.69, 9.17) is 4.42 Å². The highest BCUT2D eigenvalue weighted by Gasteiger charge is 2.31. The van der Waals surface area contributed by atoms with Gasteiger partial charge in [0.05, 0.1) is 24.6 Å². The predicted octanol–water partition coefficient (Wildman–Crippen LogP) is 4.67. The first kappa shape index (κ1) is 21.6. The fourth-order valence-electron chi connectivity index (χ4n) is 4.58. The second-order valence-electron chi connectivity index (χ2n) is 8.67. The van der Waals surface area contributed by atoms with Crippen molar-refractivity contribution < 1.29 is 9.21 Å². The third kappa shape index (κ3) is 4.59. The molecule has 0 N–H and O–H groups in total. The first-order valence-corrected chi connectivity index (χ1v) is 13.2. The second kappa shape index (κ2) is 9.70. The summed E-state index contributed by atoms with van der Waals surface area (Å²) < 4.78 is 7.71. The average Bonchev–Trinajstić information content (AvgIpc) is 3.61. The van der Waals surface area contributed by atoms with Crippen LogP contribution in [0.5, 0.6) is 0 Å². The molecule has 3 aromatic heterocycles. The second-order valence-corrected chi connectivity index (χ2v) is 10.6. The minimum absolute atomic E-state index is 0.173. The molecule has 2 fully saturated rings. The number of anilines is 1. The van der Waals surface area contributed by atoms with Gasteiger partial charge in [-0.3, -0.25) is 9.36 Å². The molecule has 7 nitrogen and oxygen atoms in total. The van der Waals surface area contributed by atoms with E-state index >= 15 is 0 Å². The van der Waals surface area contributed by atoms with Gasteiger partial charge < -0.3 is 14.2 Å². The summed E-state index contributed by atoms with van der Waals surface area (Å²) in [5.74, 6) is 3.03. The van der Waals surface area contributed by atoms with Crippen LogP contribution in [0.25, 0.3) is 0 Å². The van der Waals surface area contributed by atoms with Gasteiger partial charge in [-0.15, -0.1) is 21.5 Å². The molecule has 2 aliphatic heterocycles. The van der Waals surface area contributed by atoms with E-state index in [1.165, 1.54) is 16.6 Å². The molecule has 0 bridgehead atoms. The number of furan rings is 1. The number of thioether (sulfide) groups is 1. The lowest BCUT2D eigenvalue weighted by Crippen LogP contribution is -2.35. The van der Waals surface area contributed by atoms with Gasteiger partial charge in [0.15, 0.2) is 5.16 Å². The van der Waals surface area contributed by atoms with E-state index in [1.54, 1.807) is 17.6 Å². The third-order valence-electron chi connectivity index (χ3n) is 6.43. The monoisotopic (exact) mass is 471 g/mol. The van der Waals surface area contributed by atoms with Gasteiger partial charge in [-0.1, -0.05) is 24.8 Å². The molecule has 5 rings (SSSR count). The van der Waals surface area contributed by atoms with E-state index in [9.17, 15) is 4.79 Å². The normalized spacial score (nSPS) is 19.7. The Morgan fingerprint density at radius 2 is 2.06 bits per heavy atom. The number of nitrogens with zero attached hydrogens (tertiary/aromatic N) is 5. The van der Waals surface area contributed by atoms with Crippen molar-refractivity contribution in [1.82, 2.24) is 19.7 Å². The molecule has 0 saturated carbocycles. The van der Waals surface area contributed by atoms with Gasteiger partial charge in [0, 0.05) is 24.5 Å². The molecule has 32 heavy (non-hydrogen) atoms. The maximum absolute atomic E-state index is 13.1. The molecule has 0 spiro atoms. The standard InChI is InChI=1S/C23H29N5O2S2/c1-17-8-11-26(12-9-17)22-24-25-23(28(22)15-18-5-3-13-30-18)32-16-21(29)27-10-2-6-19(27)20-7-4-14-31-20/h3-5,7,13-14,17,19H,2,6,8-12,15-16H2,1H3. The van der Waals surface area contributed by atoms with E-state index < -0.39 is 0 Å². The Hall–Kier alpha value is -2.26. The van der Waals surface area contributed by atoms with Gasteiger partial charge in [-0.25, -0.2) is 0 Å². The summed E-state index contributed by atoms with van der Waals surface area (Å²) in [6.45, 7) is 5.67. The quantitative estimate of drug-likeness (QED) is 0.467. The van der Waals surface area contributed by atoms with Crippen molar-refractivity contribution in [2.75, 3.05) is 30.3 Å². The lowest BCUT2D eigenvalue weighted by atomic mass is 10.00. The zero-order chi connectivity index (χ0) is 21.9. The van der Waals surface area contributed by atoms with Gasteiger partial charge in [0.2, 0.25) is 11.9 Å². The van der Waals surface area contributed by atoms with Gasteiger partial charge in [-0.2, -0.15) is 0 Å². The third-order valence-corrected chi connectivity index (χ3v) is 8.35. The zero-order valence-electron chi connectivity index (χ0n) is 18.4. The summed E-state index contributed by atoms with van der Waals surface area (Å²) in [7, 11) is 0. The number of amides is 1. The van der Waals surface area contributed by atoms with Crippen LogP contribution in [0.1, 0.15) is 49.3 Å². The molecule has 0 aliphatic carbocycles. The van der Waals surface area contributed by atoms with Crippen LogP contribution in [0.15, 0.2) is 45.5 Å². The number of hydrogen-bond donors (Lipinski definition) is 0. The van der Waals surface area contributed by atoms with Crippen molar-refractivity contribution in [3.63, 3.8) is 0 Å². The molecule has 9 heteroatoms. The minimum atomic E-state index is 0.173. The van der Waals surface area contributed by atoms with Gasteiger partial charge in [-0.05, 0) is 55.2 Å². The largest absolute Gasteiger partial charge is 0.467 e. The van der Waals surface area contributed by atoms with Gasteiger partial charge in [0.25, 0.3) is 0 Å². The number of likely N-dealkylation sites (tertiary alicyclic amines) is 1. The Bertz CT molecular complexity index is 1010. The number of thiophene rings is 1. The topological polar surface area (TPSA) is 67.4 Å². The summed E-state index contributed by atoms with van der Waals surface area (Å²) in [6.07, 6.45) is 6.12. The van der Waals surface area contributed by atoms with Crippen LogP contribution >= 0.6 is 23.1 Å². The summed E-state index contributed by atoms with van der Waals surface area (Å²) in [5.41, 5.74) is 0. The van der Waals surface area contributed by atoms with Crippen LogP contribution in [-0.4, -0.2) is 51.0 Å². The fraction of sp³-hybridized carbons (Fsp3) is 0.522. The van der Waals surface area contributed by atoms with E-state index in [2.05, 4.69) is 44.1 Å². The molecule has 1 atom stereocenters. The molecule has 5 heterocycles. The maximum Gasteiger partial charge on any atom is 0.233 e. The molecule has 0 radical (unpaired) electrons. The number of carbonyl (C=O) groups excluding carboxylic acids is 1. The molecular formula is C23H29N5O2S2. The predicted molar refractivity (Wildman–Crippen MR) is 127 cm³/mol. The minimum Gasteiger partial charge on any atom is -0.467 e. The van der Waals surface area contributed by atoms with Gasteiger partial charge >= 0.3 is 0 Å². The van der Waals surface area contributed by atoms with Crippen molar-refractivity contribution in [3.8, 4) is 0 Å². The Morgan fingerprint density at radius 3 is 2.81 bits per heavy atom. The summed E-state index contributed by atoms with van der Waals surface area (Å²) >= 11 is 3.22. The van der Waals surface area contributed by atoms with Crippen LogP contribution in [0.3, 0.4) is 0 Å². The van der Waals surface area contributed by atoms with Crippen LogP contribution in [0, 0.1) is 5.92 Å². The van der Waals surface area contributed by atoms with Crippen molar-refractivity contribution in [2.24, 2.45) is 5.92 Å². The van der Waals surface area contributed by atoms with E-state index in [1.807, 2.05) is 17.0 Å². The Morgan fingerprint density at radius 1 is 1.19 bits per heavy atom. The highest BCUT2D eigenvalue weighted by atomic mass is 32.2. The first-order valence-electron chi connectivity index (χ1n) is 11.3. The molecule has 0 aromatic carbocycles. The van der Waals surface area contributed by atoms with Crippen LogP contribution in [-0.2, 0) is 11.3 Å².